The average Bonchev–Trinajstić information content (AvgIpc) is 3.25. The van der Waals surface area contributed by atoms with Crippen LogP contribution in [0.5, 0.6) is 0 Å². The highest BCUT2D eigenvalue weighted by Crippen LogP contribution is 2.34. The summed E-state index contributed by atoms with van der Waals surface area (Å²) in [7, 11) is 0. The van der Waals surface area contributed by atoms with Gasteiger partial charge >= 0.3 is 0 Å². The molecule has 1 fully saturated rings. The summed E-state index contributed by atoms with van der Waals surface area (Å²) in [6, 6.07) is 0. The Morgan fingerprint density at radius 1 is 1.22 bits per heavy atom. The predicted molar refractivity (Wildman–Crippen MR) is 107 cm³/mol. The van der Waals surface area contributed by atoms with Crippen LogP contribution in [0.25, 0.3) is 10.2 Å². The molecule has 0 spiro atoms. The lowest BCUT2D eigenvalue weighted by molar-refractivity contribution is -0.140. The third-order valence-electron chi connectivity index (χ3n) is 5.05. The Balaban J connectivity index is 1.68. The average molecular weight is 404 g/mol. The van der Waals surface area contributed by atoms with Crippen LogP contribution >= 0.6 is 23.1 Å². The fourth-order valence-electron chi connectivity index (χ4n) is 3.74. The Kier molecular flexibility index (Phi) is 5.19. The first-order valence-corrected chi connectivity index (χ1v) is 11.0. The number of nitrogens with zero attached hydrogens (tertiary/aromatic N) is 3. The van der Waals surface area contributed by atoms with E-state index in [1.807, 2.05) is 0 Å². The molecule has 27 heavy (non-hydrogen) atoms. The number of aryl methyl sites for hydroxylation is 2. The van der Waals surface area contributed by atoms with Gasteiger partial charge in [-0.25, -0.2) is 4.98 Å². The van der Waals surface area contributed by atoms with Crippen LogP contribution in [0.4, 0.5) is 0 Å². The number of thioether (sulfide) groups is 1. The van der Waals surface area contributed by atoms with E-state index < -0.39 is 0 Å². The van der Waals surface area contributed by atoms with Crippen molar-refractivity contribution >= 4 is 45.1 Å². The van der Waals surface area contributed by atoms with Crippen molar-refractivity contribution in [2.45, 2.75) is 50.2 Å². The maximum absolute atomic E-state index is 13.1. The number of carbonyl (C=O) groups is 2. The minimum absolute atomic E-state index is 0.0495. The first kappa shape index (κ1) is 18.4. The van der Waals surface area contributed by atoms with Gasteiger partial charge in [-0.15, -0.1) is 17.9 Å². The molecule has 0 bridgehead atoms. The third kappa shape index (κ3) is 3.36. The number of aromatic nitrogens is 2. The van der Waals surface area contributed by atoms with E-state index in [4.69, 9.17) is 4.98 Å². The number of rotatable bonds is 5. The normalized spacial score (nSPS) is 16.7. The Bertz CT molecular complexity index is 992. The Hall–Kier alpha value is -1.93. The smallest absolute Gasteiger partial charge is 0.263 e. The summed E-state index contributed by atoms with van der Waals surface area (Å²) in [5.74, 6) is -0.225. The summed E-state index contributed by atoms with van der Waals surface area (Å²) >= 11 is 2.83. The molecular formula is C19H21N3O3S2. The molecule has 1 saturated heterocycles. The van der Waals surface area contributed by atoms with Gasteiger partial charge in [-0.05, 0) is 37.7 Å². The summed E-state index contributed by atoms with van der Waals surface area (Å²) in [5.41, 5.74) is 1.11. The van der Waals surface area contributed by atoms with Crippen LogP contribution in [0, 0.1) is 0 Å². The van der Waals surface area contributed by atoms with Crippen LogP contribution in [0.1, 0.15) is 36.1 Å². The van der Waals surface area contributed by atoms with Crippen molar-refractivity contribution in [2.75, 3.05) is 12.3 Å². The molecule has 0 aromatic carbocycles. The minimum Gasteiger partial charge on any atom is -0.283 e. The van der Waals surface area contributed by atoms with Crippen LogP contribution in [-0.2, 0) is 29.0 Å². The van der Waals surface area contributed by atoms with Crippen molar-refractivity contribution in [3.05, 3.63) is 33.4 Å². The molecule has 4 rings (SSSR count). The molecular weight excluding hydrogens is 382 g/mol. The Labute approximate surface area is 165 Å². The number of imide groups is 1. The number of fused-ring (bicyclic) bond motifs is 3. The van der Waals surface area contributed by atoms with Crippen LogP contribution in [-0.4, -0.2) is 38.6 Å². The van der Waals surface area contributed by atoms with Crippen molar-refractivity contribution in [2.24, 2.45) is 0 Å². The van der Waals surface area contributed by atoms with Crippen molar-refractivity contribution in [3.8, 4) is 0 Å². The molecule has 1 aliphatic heterocycles. The molecule has 3 heterocycles. The van der Waals surface area contributed by atoms with Gasteiger partial charge in [-0.1, -0.05) is 17.8 Å². The lowest BCUT2D eigenvalue weighted by Crippen LogP contribution is -2.33. The summed E-state index contributed by atoms with van der Waals surface area (Å²) in [4.78, 5) is 45.3. The molecule has 0 atom stereocenters. The zero-order valence-corrected chi connectivity index (χ0v) is 16.7. The minimum atomic E-state index is -0.215. The van der Waals surface area contributed by atoms with Crippen LogP contribution in [0.15, 0.2) is 22.6 Å². The maximum atomic E-state index is 13.1. The van der Waals surface area contributed by atoms with Crippen molar-refractivity contribution < 1.29 is 9.59 Å². The first-order valence-electron chi connectivity index (χ1n) is 9.22. The topological polar surface area (TPSA) is 72.3 Å². The quantitative estimate of drug-likeness (QED) is 0.436. The van der Waals surface area contributed by atoms with Crippen molar-refractivity contribution in [1.82, 2.24) is 14.5 Å². The maximum Gasteiger partial charge on any atom is 0.263 e. The number of amides is 2. The van der Waals surface area contributed by atoms with Gasteiger partial charge in [0.2, 0.25) is 11.8 Å². The number of carbonyl (C=O) groups excluding carboxylic acids is 2. The molecule has 142 valence electrons. The molecule has 6 nitrogen and oxygen atoms in total. The molecule has 0 N–H and O–H groups in total. The lowest BCUT2D eigenvalue weighted by Gasteiger charge is -2.14. The van der Waals surface area contributed by atoms with Gasteiger partial charge in [0.15, 0.2) is 5.16 Å². The van der Waals surface area contributed by atoms with Crippen LogP contribution in [0.2, 0.25) is 0 Å². The van der Waals surface area contributed by atoms with Crippen LogP contribution < -0.4 is 5.56 Å². The largest absolute Gasteiger partial charge is 0.283 e. The van der Waals surface area contributed by atoms with E-state index in [9.17, 15) is 14.4 Å². The van der Waals surface area contributed by atoms with Crippen molar-refractivity contribution in [3.63, 3.8) is 0 Å². The van der Waals surface area contributed by atoms with Crippen molar-refractivity contribution in [1.29, 1.82) is 0 Å². The summed E-state index contributed by atoms with van der Waals surface area (Å²) in [5, 5.41) is 1.26. The zero-order chi connectivity index (χ0) is 19.0. The molecule has 0 saturated carbocycles. The number of hydrogen-bond donors (Lipinski definition) is 0. The standard InChI is InChI=1S/C19H21N3O3S2/c1-2-9-22-18(25)16-12-6-3-4-7-13(12)27-17(16)20-19(22)26-11-15(24)21-10-5-8-14(21)23/h2H,1,3-11H2. The second kappa shape index (κ2) is 7.59. The second-order valence-corrected chi connectivity index (χ2v) is 8.85. The van der Waals surface area contributed by atoms with Gasteiger partial charge in [0, 0.05) is 24.4 Å². The van der Waals surface area contributed by atoms with Gasteiger partial charge in [0.1, 0.15) is 4.83 Å². The number of thiophene rings is 1. The molecule has 2 aromatic heterocycles. The highest BCUT2D eigenvalue weighted by atomic mass is 32.2. The molecule has 2 aliphatic rings. The Morgan fingerprint density at radius 3 is 2.78 bits per heavy atom. The first-order chi connectivity index (χ1) is 13.1. The fraction of sp³-hybridized carbons (Fsp3) is 0.474. The Morgan fingerprint density at radius 2 is 2.04 bits per heavy atom. The fourth-order valence-corrected chi connectivity index (χ4v) is 5.92. The number of hydrogen-bond acceptors (Lipinski definition) is 6. The number of allylic oxidation sites excluding steroid dienone is 1. The SMILES string of the molecule is C=CCn1c(SCC(=O)N2CCCC2=O)nc2sc3c(c2c1=O)CCCC3. The monoisotopic (exact) mass is 403 g/mol. The molecule has 0 unspecified atom stereocenters. The number of likely N-dealkylation sites (tertiary alicyclic amines) is 1. The second-order valence-electron chi connectivity index (χ2n) is 6.82. The van der Waals surface area contributed by atoms with E-state index in [2.05, 4.69) is 6.58 Å². The summed E-state index contributed by atoms with van der Waals surface area (Å²) < 4.78 is 1.60. The molecule has 1 aliphatic carbocycles. The molecule has 2 aromatic rings. The predicted octanol–water partition coefficient (Wildman–Crippen LogP) is 2.76. The molecule has 8 heteroatoms. The van der Waals surface area contributed by atoms with Gasteiger partial charge in [-0.3, -0.25) is 23.9 Å². The molecule has 2 amide bonds. The van der Waals surface area contributed by atoms with E-state index in [1.54, 1.807) is 22.0 Å². The van der Waals surface area contributed by atoms with Gasteiger partial charge in [0.25, 0.3) is 5.56 Å². The highest BCUT2D eigenvalue weighted by molar-refractivity contribution is 7.99. The van der Waals surface area contributed by atoms with E-state index in [0.29, 0.717) is 24.7 Å². The van der Waals surface area contributed by atoms with Gasteiger partial charge in [-0.2, -0.15) is 0 Å². The van der Waals surface area contributed by atoms with Crippen LogP contribution in [0.3, 0.4) is 0 Å². The third-order valence-corrected chi connectivity index (χ3v) is 7.20. The summed E-state index contributed by atoms with van der Waals surface area (Å²) in [6.07, 6.45) is 7.03. The van der Waals surface area contributed by atoms with E-state index in [0.717, 1.165) is 47.9 Å². The van der Waals surface area contributed by atoms with E-state index in [-0.39, 0.29) is 23.1 Å². The lowest BCUT2D eigenvalue weighted by atomic mass is 9.97. The van der Waals surface area contributed by atoms with E-state index in [1.165, 1.54) is 21.5 Å². The summed E-state index contributed by atoms with van der Waals surface area (Å²) in [6.45, 7) is 4.59. The highest BCUT2D eigenvalue weighted by Gasteiger charge is 2.27. The molecule has 0 radical (unpaired) electrons. The van der Waals surface area contributed by atoms with Gasteiger partial charge in [0.05, 0.1) is 11.1 Å². The zero-order valence-electron chi connectivity index (χ0n) is 15.0. The van der Waals surface area contributed by atoms with E-state index >= 15 is 0 Å². The van der Waals surface area contributed by atoms with Gasteiger partial charge < -0.3 is 0 Å².